The number of aryl methyl sites for hydroxylation is 2. The molecule has 102 valence electrons. The van der Waals surface area contributed by atoms with Crippen molar-refractivity contribution >= 4 is 0 Å². The Labute approximate surface area is 119 Å². The topological polar surface area (TPSA) is 26.3 Å². The monoisotopic (exact) mass is 266 g/mol. The predicted molar refractivity (Wildman–Crippen MR) is 78.9 cm³/mol. The summed E-state index contributed by atoms with van der Waals surface area (Å²) in [5.41, 5.74) is 2.53. The molecule has 20 heavy (non-hydrogen) atoms. The third-order valence-corrected chi connectivity index (χ3v) is 3.37. The normalized spacial score (nSPS) is 10.9. The van der Waals surface area contributed by atoms with E-state index in [-0.39, 0.29) is 0 Å². The Hall–Kier alpha value is -2.22. The third kappa shape index (κ3) is 3.02. The molecule has 0 saturated carbocycles. The molecule has 0 fully saturated rings. The highest BCUT2D eigenvalue weighted by Gasteiger charge is 2.03. The number of hydrogen-bond acceptors (Lipinski definition) is 2. The van der Waals surface area contributed by atoms with Crippen LogP contribution in [0.3, 0.4) is 0 Å². The molecule has 3 rings (SSSR count). The minimum Gasteiger partial charge on any atom is -0.466 e. The van der Waals surface area contributed by atoms with E-state index in [0.29, 0.717) is 0 Å². The second-order valence-electron chi connectivity index (χ2n) is 5.19. The minimum atomic E-state index is 0.841. The molecular formula is C18H18O2. The van der Waals surface area contributed by atoms with Crippen LogP contribution in [-0.2, 0) is 12.8 Å². The van der Waals surface area contributed by atoms with Gasteiger partial charge in [-0.3, -0.25) is 0 Å². The van der Waals surface area contributed by atoms with Crippen LogP contribution in [0.4, 0.5) is 0 Å². The van der Waals surface area contributed by atoms with Gasteiger partial charge in [-0.1, -0.05) is 24.3 Å². The van der Waals surface area contributed by atoms with Gasteiger partial charge in [0.15, 0.2) is 0 Å². The van der Waals surface area contributed by atoms with Gasteiger partial charge in [-0.2, -0.15) is 0 Å². The summed E-state index contributed by atoms with van der Waals surface area (Å²) in [4.78, 5) is 0. The van der Waals surface area contributed by atoms with Crippen LogP contribution in [-0.4, -0.2) is 0 Å². The lowest BCUT2D eigenvalue weighted by atomic mass is 10.1. The Morgan fingerprint density at radius 1 is 0.600 bits per heavy atom. The Morgan fingerprint density at radius 3 is 1.30 bits per heavy atom. The maximum absolute atomic E-state index is 5.60. The summed E-state index contributed by atoms with van der Waals surface area (Å²) in [5.74, 6) is 3.95. The molecule has 1 aromatic carbocycles. The van der Waals surface area contributed by atoms with E-state index in [2.05, 4.69) is 24.3 Å². The molecular weight excluding hydrogens is 248 g/mol. The van der Waals surface area contributed by atoms with Crippen molar-refractivity contribution in [3.8, 4) is 0 Å². The van der Waals surface area contributed by atoms with Gasteiger partial charge in [0.25, 0.3) is 0 Å². The minimum absolute atomic E-state index is 0.841. The first-order valence-electron chi connectivity index (χ1n) is 6.87. The van der Waals surface area contributed by atoms with E-state index in [4.69, 9.17) is 8.83 Å². The first kappa shape index (κ1) is 12.8. The van der Waals surface area contributed by atoms with Crippen molar-refractivity contribution in [3.63, 3.8) is 0 Å². The maximum atomic E-state index is 5.60. The van der Waals surface area contributed by atoms with Gasteiger partial charge in [-0.15, -0.1) is 0 Å². The predicted octanol–water partition coefficient (Wildman–Crippen LogP) is 4.67. The lowest BCUT2D eigenvalue weighted by Crippen LogP contribution is -1.89. The molecule has 2 heteroatoms. The van der Waals surface area contributed by atoms with E-state index in [0.717, 1.165) is 35.9 Å². The largest absolute Gasteiger partial charge is 0.466 e. The molecule has 0 aliphatic rings. The van der Waals surface area contributed by atoms with Gasteiger partial charge in [0.1, 0.15) is 23.0 Å². The van der Waals surface area contributed by atoms with Crippen LogP contribution in [0.5, 0.6) is 0 Å². The van der Waals surface area contributed by atoms with Gasteiger partial charge in [-0.05, 0) is 49.2 Å². The van der Waals surface area contributed by atoms with Crippen LogP contribution in [0, 0.1) is 13.8 Å². The van der Waals surface area contributed by atoms with Crippen molar-refractivity contribution in [2.45, 2.75) is 26.7 Å². The van der Waals surface area contributed by atoms with Crippen molar-refractivity contribution in [1.82, 2.24) is 0 Å². The molecule has 2 nitrogen and oxygen atoms in total. The van der Waals surface area contributed by atoms with Gasteiger partial charge < -0.3 is 8.83 Å². The van der Waals surface area contributed by atoms with Crippen molar-refractivity contribution in [1.29, 1.82) is 0 Å². The second kappa shape index (κ2) is 5.41. The van der Waals surface area contributed by atoms with Crippen LogP contribution in [0.15, 0.2) is 57.4 Å². The first-order chi connectivity index (χ1) is 9.69. The number of benzene rings is 1. The summed E-state index contributed by atoms with van der Waals surface area (Å²) in [7, 11) is 0. The summed E-state index contributed by atoms with van der Waals surface area (Å²) in [6.07, 6.45) is 1.68. The average molecular weight is 266 g/mol. The van der Waals surface area contributed by atoms with E-state index in [1.807, 2.05) is 38.1 Å². The fraction of sp³-hybridized carbons (Fsp3) is 0.222. The molecule has 0 bridgehead atoms. The van der Waals surface area contributed by atoms with Crippen molar-refractivity contribution in [2.75, 3.05) is 0 Å². The summed E-state index contributed by atoms with van der Waals surface area (Å²) in [6, 6.07) is 16.7. The fourth-order valence-electron chi connectivity index (χ4n) is 2.34. The highest BCUT2D eigenvalue weighted by atomic mass is 16.3. The standard InChI is InChI=1S/C18H18O2/c1-13-3-9-17(19-13)11-15-5-7-16(8-6-15)12-18-10-4-14(2)20-18/h3-10H,11-12H2,1-2H3. The third-order valence-electron chi connectivity index (χ3n) is 3.37. The van der Waals surface area contributed by atoms with Gasteiger partial charge in [0.05, 0.1) is 0 Å². The van der Waals surface area contributed by atoms with E-state index in [1.165, 1.54) is 11.1 Å². The molecule has 0 aliphatic carbocycles. The van der Waals surface area contributed by atoms with Crippen molar-refractivity contribution in [2.24, 2.45) is 0 Å². The highest BCUT2D eigenvalue weighted by molar-refractivity contribution is 5.28. The molecule has 2 heterocycles. The zero-order chi connectivity index (χ0) is 13.9. The van der Waals surface area contributed by atoms with Gasteiger partial charge in [0, 0.05) is 12.8 Å². The number of hydrogen-bond donors (Lipinski definition) is 0. The lowest BCUT2D eigenvalue weighted by molar-refractivity contribution is 0.491. The molecule has 0 unspecified atom stereocenters. The summed E-state index contributed by atoms with van der Waals surface area (Å²) < 4.78 is 11.2. The van der Waals surface area contributed by atoms with Crippen LogP contribution in [0.25, 0.3) is 0 Å². The van der Waals surface area contributed by atoms with Gasteiger partial charge in [-0.25, -0.2) is 0 Å². The summed E-state index contributed by atoms with van der Waals surface area (Å²) >= 11 is 0. The average Bonchev–Trinajstić information content (AvgIpc) is 3.01. The van der Waals surface area contributed by atoms with Gasteiger partial charge >= 0.3 is 0 Å². The Bertz CT molecular complexity index is 625. The smallest absolute Gasteiger partial charge is 0.108 e. The van der Waals surface area contributed by atoms with E-state index < -0.39 is 0 Å². The number of rotatable bonds is 4. The molecule has 0 saturated heterocycles. The second-order valence-corrected chi connectivity index (χ2v) is 5.19. The van der Waals surface area contributed by atoms with Crippen LogP contribution in [0.1, 0.15) is 34.2 Å². The Kier molecular flexibility index (Phi) is 3.46. The zero-order valence-corrected chi connectivity index (χ0v) is 11.8. The number of furan rings is 2. The molecule has 3 aromatic rings. The lowest BCUT2D eigenvalue weighted by Gasteiger charge is -2.02. The highest BCUT2D eigenvalue weighted by Crippen LogP contribution is 2.16. The molecule has 2 aromatic heterocycles. The van der Waals surface area contributed by atoms with E-state index >= 15 is 0 Å². The van der Waals surface area contributed by atoms with E-state index in [1.54, 1.807) is 0 Å². The molecule has 0 radical (unpaired) electrons. The van der Waals surface area contributed by atoms with Crippen molar-refractivity contribution in [3.05, 3.63) is 82.7 Å². The van der Waals surface area contributed by atoms with Crippen molar-refractivity contribution < 1.29 is 8.83 Å². The van der Waals surface area contributed by atoms with E-state index in [9.17, 15) is 0 Å². The SMILES string of the molecule is Cc1ccc(Cc2ccc(Cc3ccc(C)o3)cc2)o1. The Morgan fingerprint density at radius 2 is 1.00 bits per heavy atom. The first-order valence-corrected chi connectivity index (χ1v) is 6.87. The molecule has 0 atom stereocenters. The fourth-order valence-corrected chi connectivity index (χ4v) is 2.34. The molecule has 0 aliphatic heterocycles. The van der Waals surface area contributed by atoms with Crippen LogP contribution in [0.2, 0.25) is 0 Å². The van der Waals surface area contributed by atoms with Gasteiger partial charge in [0.2, 0.25) is 0 Å². The van der Waals surface area contributed by atoms with Crippen LogP contribution < -0.4 is 0 Å². The molecule has 0 spiro atoms. The molecule has 0 amide bonds. The van der Waals surface area contributed by atoms with Crippen LogP contribution >= 0.6 is 0 Å². The quantitative estimate of drug-likeness (QED) is 0.686. The summed E-state index contributed by atoms with van der Waals surface area (Å²) in [5, 5.41) is 0. The summed E-state index contributed by atoms with van der Waals surface area (Å²) in [6.45, 7) is 3.94. The maximum Gasteiger partial charge on any atom is 0.108 e. The Balaban J connectivity index is 1.68. The zero-order valence-electron chi connectivity index (χ0n) is 11.8. The molecule has 0 N–H and O–H groups in total.